The molecule has 0 aromatic heterocycles. The van der Waals surface area contributed by atoms with Crippen LogP contribution >= 0.6 is 0 Å². The number of piperidine rings is 1. The molecule has 5 heteroatoms. The van der Waals surface area contributed by atoms with E-state index in [1.54, 1.807) is 4.90 Å². The molecule has 0 unspecified atom stereocenters. The van der Waals surface area contributed by atoms with Gasteiger partial charge in [0.1, 0.15) is 6.61 Å². The first-order valence-electron chi connectivity index (χ1n) is 9.65. The van der Waals surface area contributed by atoms with Crippen molar-refractivity contribution in [3.8, 4) is 0 Å². The number of carbonyl (C=O) groups excluding carboxylic acids is 1. The Balaban J connectivity index is 2.05. The Morgan fingerprint density at radius 1 is 1.30 bits per heavy atom. The summed E-state index contributed by atoms with van der Waals surface area (Å²) in [5, 5.41) is 0.142. The molecule has 4 nitrogen and oxygen atoms in total. The Hall–Kier alpha value is -1.81. The molecule has 1 aromatic rings. The monoisotopic (exact) mass is 387 g/mol. The van der Waals surface area contributed by atoms with Gasteiger partial charge < -0.3 is 9.16 Å². The first-order valence-corrected chi connectivity index (χ1v) is 12.6. The highest BCUT2D eigenvalue weighted by Gasteiger charge is 2.41. The van der Waals surface area contributed by atoms with Gasteiger partial charge in [-0.25, -0.2) is 4.79 Å². The molecule has 0 aliphatic carbocycles. The predicted octanol–water partition coefficient (Wildman–Crippen LogP) is 5.52. The standard InChI is InChI=1S/C22H33NO3Si/c1-7-11-19-14-15-20(26-27(5,6)22(2,3)4)16-23(19)21(24)25-17-18-12-9-8-10-13-18/h8-13,19-20H,1,14-17H2,2-6H3/t19-,20-/m0/s1. The molecule has 1 amide bonds. The fourth-order valence-electron chi connectivity index (χ4n) is 2.97. The summed E-state index contributed by atoms with van der Waals surface area (Å²) in [6, 6.07) is 9.70. The number of hydrogen-bond acceptors (Lipinski definition) is 3. The Labute approximate surface area is 165 Å². The topological polar surface area (TPSA) is 38.8 Å². The number of nitrogens with zero attached hydrogens (tertiary/aromatic N) is 1. The smallest absolute Gasteiger partial charge is 0.410 e. The molecule has 27 heavy (non-hydrogen) atoms. The Morgan fingerprint density at radius 2 is 1.96 bits per heavy atom. The van der Waals surface area contributed by atoms with E-state index >= 15 is 0 Å². The van der Waals surface area contributed by atoms with E-state index in [2.05, 4.69) is 46.2 Å². The number of ether oxygens (including phenoxy) is 1. The van der Waals surface area contributed by atoms with Crippen molar-refractivity contribution < 1.29 is 14.0 Å². The summed E-state index contributed by atoms with van der Waals surface area (Å²) in [5.74, 6) is 0. The highest BCUT2D eigenvalue weighted by molar-refractivity contribution is 6.74. The van der Waals surface area contributed by atoms with Crippen molar-refractivity contribution >= 4 is 14.4 Å². The van der Waals surface area contributed by atoms with Crippen LogP contribution < -0.4 is 0 Å². The molecule has 0 radical (unpaired) electrons. The third kappa shape index (κ3) is 5.83. The number of carbonyl (C=O) groups is 1. The lowest BCUT2D eigenvalue weighted by molar-refractivity contribution is 0.0354. The van der Waals surface area contributed by atoms with E-state index in [4.69, 9.17) is 9.16 Å². The maximum atomic E-state index is 12.8. The zero-order valence-corrected chi connectivity index (χ0v) is 18.3. The molecule has 1 aromatic carbocycles. The van der Waals surface area contributed by atoms with Gasteiger partial charge in [-0.05, 0) is 42.6 Å². The van der Waals surface area contributed by atoms with Crippen molar-refractivity contribution in [3.05, 3.63) is 54.3 Å². The summed E-state index contributed by atoms with van der Waals surface area (Å²) in [4.78, 5) is 14.5. The number of amides is 1. The minimum atomic E-state index is -1.89. The molecule has 1 heterocycles. The molecular weight excluding hydrogens is 354 g/mol. The maximum Gasteiger partial charge on any atom is 0.410 e. The van der Waals surface area contributed by atoms with E-state index in [9.17, 15) is 4.79 Å². The molecule has 0 N–H and O–H groups in total. The van der Waals surface area contributed by atoms with Crippen LogP contribution in [0.3, 0.4) is 0 Å². The third-order valence-electron chi connectivity index (χ3n) is 5.60. The summed E-state index contributed by atoms with van der Waals surface area (Å²) in [7, 11) is -1.89. The van der Waals surface area contributed by atoms with Crippen molar-refractivity contribution in [2.45, 2.75) is 70.5 Å². The Kier molecular flexibility index (Phi) is 7.10. The molecule has 1 saturated heterocycles. The maximum absolute atomic E-state index is 12.8. The predicted molar refractivity (Wildman–Crippen MR) is 112 cm³/mol. The van der Waals surface area contributed by atoms with Crippen LogP contribution in [-0.4, -0.2) is 38.0 Å². The van der Waals surface area contributed by atoms with Gasteiger partial charge in [0.2, 0.25) is 0 Å². The second-order valence-corrected chi connectivity index (χ2v) is 13.5. The van der Waals surface area contributed by atoms with E-state index in [1.807, 2.05) is 36.4 Å². The SMILES string of the molecule is C=C=C[C@H]1CC[C@H](O[Si](C)(C)C(C)(C)C)CN1C(=O)OCc1ccccc1. The Morgan fingerprint density at radius 3 is 2.56 bits per heavy atom. The quantitative estimate of drug-likeness (QED) is 0.493. The van der Waals surface area contributed by atoms with Gasteiger partial charge in [0.05, 0.1) is 12.1 Å². The van der Waals surface area contributed by atoms with E-state index in [1.165, 1.54) is 0 Å². The molecule has 1 aliphatic rings. The molecule has 0 bridgehead atoms. The van der Waals surface area contributed by atoms with Crippen molar-refractivity contribution in [3.63, 3.8) is 0 Å². The first kappa shape index (κ1) is 21.5. The van der Waals surface area contributed by atoms with Gasteiger partial charge in [-0.2, -0.15) is 0 Å². The van der Waals surface area contributed by atoms with Gasteiger partial charge in [-0.1, -0.05) is 57.7 Å². The normalized spacial score (nSPS) is 20.7. The number of likely N-dealkylation sites (tertiary alicyclic amines) is 1. The third-order valence-corrected chi connectivity index (χ3v) is 10.1. The molecule has 2 rings (SSSR count). The van der Waals surface area contributed by atoms with Gasteiger partial charge in [-0.15, -0.1) is 5.73 Å². The summed E-state index contributed by atoms with van der Waals surface area (Å²) >= 11 is 0. The van der Waals surface area contributed by atoms with E-state index < -0.39 is 8.32 Å². The average Bonchev–Trinajstić information content (AvgIpc) is 2.61. The van der Waals surface area contributed by atoms with E-state index in [0.29, 0.717) is 6.54 Å². The highest BCUT2D eigenvalue weighted by atomic mass is 28.4. The van der Waals surface area contributed by atoms with Crippen LogP contribution in [0.4, 0.5) is 4.79 Å². The lowest BCUT2D eigenvalue weighted by Crippen LogP contribution is -2.53. The minimum Gasteiger partial charge on any atom is -0.445 e. The molecular formula is C22H33NO3Si. The zero-order valence-electron chi connectivity index (χ0n) is 17.3. The second kappa shape index (κ2) is 8.92. The summed E-state index contributed by atoms with van der Waals surface area (Å²) < 4.78 is 12.1. The fourth-order valence-corrected chi connectivity index (χ4v) is 4.35. The number of hydrogen-bond donors (Lipinski definition) is 0. The largest absolute Gasteiger partial charge is 0.445 e. The average molecular weight is 388 g/mol. The molecule has 148 valence electrons. The van der Waals surface area contributed by atoms with Crippen LogP contribution in [-0.2, 0) is 15.8 Å². The summed E-state index contributed by atoms with van der Waals surface area (Å²) in [6.45, 7) is 15.7. The van der Waals surface area contributed by atoms with Crippen LogP contribution in [0.2, 0.25) is 18.1 Å². The van der Waals surface area contributed by atoms with Crippen LogP contribution in [0.15, 0.2) is 48.7 Å². The Bertz CT molecular complexity index is 675. The van der Waals surface area contributed by atoms with Crippen molar-refractivity contribution in [2.24, 2.45) is 0 Å². The molecule has 1 fully saturated rings. The first-order chi connectivity index (χ1) is 12.6. The van der Waals surface area contributed by atoms with Gasteiger partial charge in [0.25, 0.3) is 0 Å². The van der Waals surface area contributed by atoms with Gasteiger partial charge >= 0.3 is 6.09 Å². The van der Waals surface area contributed by atoms with E-state index in [-0.39, 0.29) is 29.9 Å². The second-order valence-electron chi connectivity index (χ2n) is 8.71. The van der Waals surface area contributed by atoms with Crippen molar-refractivity contribution in [2.75, 3.05) is 6.54 Å². The van der Waals surface area contributed by atoms with E-state index in [0.717, 1.165) is 18.4 Å². The summed E-state index contributed by atoms with van der Waals surface area (Å²) in [6.07, 6.45) is 3.36. The minimum absolute atomic E-state index is 0.0370. The number of benzene rings is 1. The molecule has 2 atom stereocenters. The molecule has 0 saturated carbocycles. The highest BCUT2D eigenvalue weighted by Crippen LogP contribution is 2.38. The molecule has 1 aliphatic heterocycles. The lowest BCUT2D eigenvalue weighted by atomic mass is 10.0. The van der Waals surface area contributed by atoms with Crippen molar-refractivity contribution in [1.82, 2.24) is 4.90 Å². The lowest BCUT2D eigenvalue weighted by Gasteiger charge is -2.43. The summed E-state index contributed by atoms with van der Waals surface area (Å²) in [5.41, 5.74) is 3.81. The fraction of sp³-hybridized carbons (Fsp3) is 0.545. The van der Waals surface area contributed by atoms with Crippen molar-refractivity contribution in [1.29, 1.82) is 0 Å². The zero-order chi connectivity index (χ0) is 20.1. The van der Waals surface area contributed by atoms with Gasteiger partial charge in [0, 0.05) is 6.54 Å². The number of rotatable bonds is 5. The van der Waals surface area contributed by atoms with Crippen LogP contribution in [0, 0.1) is 0 Å². The van der Waals surface area contributed by atoms with Crippen LogP contribution in [0.1, 0.15) is 39.2 Å². The molecule has 0 spiro atoms. The van der Waals surface area contributed by atoms with Gasteiger partial charge in [-0.3, -0.25) is 4.90 Å². The van der Waals surface area contributed by atoms with Gasteiger partial charge in [0.15, 0.2) is 8.32 Å². The van der Waals surface area contributed by atoms with Crippen LogP contribution in [0.5, 0.6) is 0 Å². The van der Waals surface area contributed by atoms with Crippen LogP contribution in [0.25, 0.3) is 0 Å².